The van der Waals surface area contributed by atoms with E-state index in [-0.39, 0.29) is 0 Å². The molecular formula is C40H42N2O4. The molecule has 0 saturated heterocycles. The van der Waals surface area contributed by atoms with Crippen molar-refractivity contribution in [1.29, 1.82) is 0 Å². The third kappa shape index (κ3) is 8.13. The van der Waals surface area contributed by atoms with Crippen molar-refractivity contribution < 1.29 is 18.9 Å². The highest BCUT2D eigenvalue weighted by Gasteiger charge is 2.11. The quantitative estimate of drug-likeness (QED) is 0.137. The monoisotopic (exact) mass is 614 g/mol. The van der Waals surface area contributed by atoms with E-state index in [1.807, 2.05) is 99.0 Å². The summed E-state index contributed by atoms with van der Waals surface area (Å²) in [7, 11) is 0. The lowest BCUT2D eigenvalue weighted by molar-refractivity contribution is 0.302. The van der Waals surface area contributed by atoms with Crippen molar-refractivity contribution in [2.45, 2.75) is 40.5 Å². The van der Waals surface area contributed by atoms with E-state index < -0.39 is 0 Å². The SMILES string of the molecule is CCCOc1cc(OCCC)cc(-c2nccc3ccccc23)c1.CCOc1cc(OCC)cc(-c2nccc3ccccc23)c1. The first-order valence-corrected chi connectivity index (χ1v) is 16.1. The van der Waals surface area contributed by atoms with E-state index in [0.717, 1.165) is 69.1 Å². The minimum absolute atomic E-state index is 0.623. The number of aromatic nitrogens is 2. The molecule has 0 atom stereocenters. The molecule has 0 aliphatic carbocycles. The highest BCUT2D eigenvalue weighted by molar-refractivity contribution is 5.95. The van der Waals surface area contributed by atoms with Gasteiger partial charge in [0.05, 0.1) is 37.8 Å². The van der Waals surface area contributed by atoms with Crippen molar-refractivity contribution in [3.63, 3.8) is 0 Å². The molecule has 0 unspecified atom stereocenters. The van der Waals surface area contributed by atoms with Crippen LogP contribution in [0.1, 0.15) is 40.5 Å². The van der Waals surface area contributed by atoms with E-state index in [4.69, 9.17) is 18.9 Å². The Labute approximate surface area is 272 Å². The van der Waals surface area contributed by atoms with Gasteiger partial charge in [-0.25, -0.2) is 0 Å². The number of hydrogen-bond donors (Lipinski definition) is 0. The lowest BCUT2D eigenvalue weighted by Gasteiger charge is -2.13. The summed E-state index contributed by atoms with van der Waals surface area (Å²) in [4.78, 5) is 9.18. The molecule has 46 heavy (non-hydrogen) atoms. The third-order valence-corrected chi connectivity index (χ3v) is 7.22. The van der Waals surface area contributed by atoms with E-state index in [2.05, 4.69) is 48.1 Å². The maximum Gasteiger partial charge on any atom is 0.123 e. The standard InChI is InChI=1S/C21H23NO2.C19H19NO2/c1-3-11-23-18-13-17(14-19(15-18)24-12-4-2)21-20-8-6-5-7-16(20)9-10-22-21;1-3-21-16-11-15(12-17(13-16)22-4-2)19-18-8-6-5-7-14(18)9-10-20-19/h5-10,13-15H,3-4,11-12H2,1-2H3;5-13H,3-4H2,1-2H3. The largest absolute Gasteiger partial charge is 0.494 e. The van der Waals surface area contributed by atoms with Gasteiger partial charge in [0.2, 0.25) is 0 Å². The van der Waals surface area contributed by atoms with Gasteiger partial charge in [-0.3, -0.25) is 9.97 Å². The van der Waals surface area contributed by atoms with Crippen LogP contribution in [0.4, 0.5) is 0 Å². The average molecular weight is 615 g/mol. The number of pyridine rings is 2. The van der Waals surface area contributed by atoms with Crippen molar-refractivity contribution in [3.8, 4) is 45.5 Å². The Bertz CT molecular complexity index is 1810. The van der Waals surface area contributed by atoms with Crippen LogP contribution in [0.5, 0.6) is 23.0 Å². The molecule has 6 rings (SSSR count). The van der Waals surface area contributed by atoms with Crippen molar-refractivity contribution >= 4 is 21.5 Å². The first kappa shape index (κ1) is 32.3. The number of nitrogens with zero attached hydrogens (tertiary/aromatic N) is 2. The van der Waals surface area contributed by atoms with Gasteiger partial charge in [0.1, 0.15) is 23.0 Å². The van der Waals surface area contributed by atoms with Crippen molar-refractivity contribution in [2.75, 3.05) is 26.4 Å². The van der Waals surface area contributed by atoms with Crippen molar-refractivity contribution in [3.05, 3.63) is 109 Å². The molecule has 0 N–H and O–H groups in total. The van der Waals surface area contributed by atoms with E-state index in [0.29, 0.717) is 26.4 Å². The topological polar surface area (TPSA) is 62.7 Å². The van der Waals surface area contributed by atoms with E-state index in [1.54, 1.807) is 0 Å². The molecule has 6 heteroatoms. The van der Waals surface area contributed by atoms with Crippen LogP contribution in [0, 0.1) is 0 Å². The van der Waals surface area contributed by atoms with Gasteiger partial charge < -0.3 is 18.9 Å². The average Bonchev–Trinajstić information content (AvgIpc) is 3.09. The van der Waals surface area contributed by atoms with E-state index >= 15 is 0 Å². The molecule has 0 aliphatic heterocycles. The summed E-state index contributed by atoms with van der Waals surface area (Å²) < 4.78 is 23.0. The molecule has 0 fully saturated rings. The van der Waals surface area contributed by atoms with Gasteiger partial charge in [0, 0.05) is 46.4 Å². The summed E-state index contributed by atoms with van der Waals surface area (Å²) in [5, 5.41) is 4.61. The second-order valence-corrected chi connectivity index (χ2v) is 10.7. The van der Waals surface area contributed by atoms with Gasteiger partial charge >= 0.3 is 0 Å². The van der Waals surface area contributed by atoms with Crippen LogP contribution in [-0.4, -0.2) is 36.4 Å². The summed E-state index contributed by atoms with van der Waals surface area (Å²) in [6.45, 7) is 10.8. The highest BCUT2D eigenvalue weighted by Crippen LogP contribution is 2.34. The Morgan fingerprint density at radius 3 is 1.24 bits per heavy atom. The van der Waals surface area contributed by atoms with Crippen LogP contribution >= 0.6 is 0 Å². The lowest BCUT2D eigenvalue weighted by Crippen LogP contribution is -1.99. The number of ether oxygens (including phenoxy) is 4. The van der Waals surface area contributed by atoms with Gasteiger partial charge in [-0.1, -0.05) is 62.4 Å². The molecule has 6 aromatic rings. The Hall–Kier alpha value is -5.10. The smallest absolute Gasteiger partial charge is 0.123 e. The molecule has 2 heterocycles. The fourth-order valence-corrected chi connectivity index (χ4v) is 5.22. The number of rotatable bonds is 12. The number of fused-ring (bicyclic) bond motifs is 2. The first-order chi connectivity index (χ1) is 22.6. The molecule has 0 bridgehead atoms. The molecular weight excluding hydrogens is 572 g/mol. The summed E-state index contributed by atoms with van der Waals surface area (Å²) in [6, 6.07) is 32.6. The zero-order valence-electron chi connectivity index (χ0n) is 27.2. The minimum atomic E-state index is 0.623. The molecule has 0 saturated carbocycles. The van der Waals surface area contributed by atoms with Crippen molar-refractivity contribution in [2.24, 2.45) is 0 Å². The Kier molecular flexibility index (Phi) is 11.4. The van der Waals surface area contributed by atoms with Gasteiger partial charge in [-0.05, 0) is 73.9 Å². The molecule has 0 amide bonds. The fourth-order valence-electron chi connectivity index (χ4n) is 5.22. The molecule has 2 aromatic heterocycles. The summed E-state index contributed by atoms with van der Waals surface area (Å²) in [6.07, 6.45) is 5.64. The molecule has 236 valence electrons. The van der Waals surface area contributed by atoms with Gasteiger partial charge in [-0.15, -0.1) is 0 Å². The van der Waals surface area contributed by atoms with Crippen LogP contribution in [-0.2, 0) is 0 Å². The fraction of sp³-hybridized carbons (Fsp3) is 0.250. The van der Waals surface area contributed by atoms with Gasteiger partial charge in [0.15, 0.2) is 0 Å². The van der Waals surface area contributed by atoms with E-state index in [1.165, 1.54) is 10.8 Å². The third-order valence-electron chi connectivity index (χ3n) is 7.22. The Morgan fingerprint density at radius 1 is 0.457 bits per heavy atom. The first-order valence-electron chi connectivity index (χ1n) is 16.1. The van der Waals surface area contributed by atoms with Crippen LogP contribution in [0.25, 0.3) is 44.1 Å². The van der Waals surface area contributed by atoms with Gasteiger partial charge in [-0.2, -0.15) is 0 Å². The van der Waals surface area contributed by atoms with Crippen LogP contribution < -0.4 is 18.9 Å². The second kappa shape index (κ2) is 16.3. The summed E-state index contributed by atoms with van der Waals surface area (Å²) in [5.74, 6) is 3.27. The predicted octanol–water partition coefficient (Wildman–Crippen LogP) is 10.2. The zero-order valence-corrected chi connectivity index (χ0v) is 27.2. The van der Waals surface area contributed by atoms with Gasteiger partial charge in [0.25, 0.3) is 0 Å². The molecule has 0 radical (unpaired) electrons. The second-order valence-electron chi connectivity index (χ2n) is 10.7. The lowest BCUT2D eigenvalue weighted by atomic mass is 10.0. The number of benzene rings is 4. The van der Waals surface area contributed by atoms with Crippen molar-refractivity contribution in [1.82, 2.24) is 9.97 Å². The maximum absolute atomic E-state index is 5.84. The maximum atomic E-state index is 5.84. The Morgan fingerprint density at radius 2 is 0.848 bits per heavy atom. The van der Waals surface area contributed by atoms with E-state index in [9.17, 15) is 0 Å². The highest BCUT2D eigenvalue weighted by atomic mass is 16.5. The summed E-state index contributed by atoms with van der Waals surface area (Å²) >= 11 is 0. The molecule has 0 aliphatic rings. The van der Waals surface area contributed by atoms with Crippen LogP contribution in [0.2, 0.25) is 0 Å². The predicted molar refractivity (Wildman–Crippen MR) is 188 cm³/mol. The normalized spacial score (nSPS) is 10.7. The Balaban J connectivity index is 0.000000182. The number of hydrogen-bond acceptors (Lipinski definition) is 6. The molecule has 0 spiro atoms. The minimum Gasteiger partial charge on any atom is -0.494 e. The van der Waals surface area contributed by atoms with Crippen LogP contribution in [0.3, 0.4) is 0 Å². The molecule has 4 aromatic carbocycles. The van der Waals surface area contributed by atoms with Crippen LogP contribution in [0.15, 0.2) is 109 Å². The molecule has 6 nitrogen and oxygen atoms in total. The zero-order chi connectivity index (χ0) is 32.1. The summed E-state index contributed by atoms with van der Waals surface area (Å²) in [5.41, 5.74) is 3.93.